The van der Waals surface area contributed by atoms with Crippen molar-refractivity contribution in [1.29, 1.82) is 0 Å². The lowest BCUT2D eigenvalue weighted by Gasteiger charge is -2.04. The van der Waals surface area contributed by atoms with Crippen LogP contribution in [0.15, 0.2) is 29.3 Å². The summed E-state index contributed by atoms with van der Waals surface area (Å²) in [4.78, 5) is 4.34. The summed E-state index contributed by atoms with van der Waals surface area (Å²) in [5.74, 6) is 1.12. The molecular formula is C11H14Cl2N2. The molecule has 1 aromatic carbocycles. The van der Waals surface area contributed by atoms with Crippen LogP contribution in [0, 0.1) is 0 Å². The van der Waals surface area contributed by atoms with Crippen LogP contribution < -0.4 is 5.32 Å². The van der Waals surface area contributed by atoms with Crippen molar-refractivity contribution in [2.24, 2.45) is 4.99 Å². The first-order chi connectivity index (χ1) is 6.86. The standard InChI is InChI=1S/C11H13ClN2.ClH/c12-10-4-2-1-3-9(10)5-6-11-13-7-8-14-11;/h1-4H,5-8H2,(H,13,14);1H. The number of rotatable bonds is 3. The molecule has 0 aromatic heterocycles. The third-order valence-electron chi connectivity index (χ3n) is 2.33. The van der Waals surface area contributed by atoms with Crippen LogP contribution in [0.4, 0.5) is 0 Å². The van der Waals surface area contributed by atoms with Gasteiger partial charge < -0.3 is 5.32 Å². The Hall–Kier alpha value is -0.730. The van der Waals surface area contributed by atoms with Gasteiger partial charge in [-0.2, -0.15) is 0 Å². The summed E-state index contributed by atoms with van der Waals surface area (Å²) >= 11 is 6.05. The van der Waals surface area contributed by atoms with Gasteiger partial charge in [0.15, 0.2) is 0 Å². The normalized spacial score (nSPS) is 14.1. The number of hydrogen-bond donors (Lipinski definition) is 1. The maximum atomic E-state index is 6.05. The van der Waals surface area contributed by atoms with E-state index in [1.807, 2.05) is 18.2 Å². The molecule has 0 aliphatic carbocycles. The fourth-order valence-corrected chi connectivity index (χ4v) is 1.80. The zero-order valence-corrected chi connectivity index (χ0v) is 9.94. The Morgan fingerprint density at radius 2 is 2.07 bits per heavy atom. The van der Waals surface area contributed by atoms with Gasteiger partial charge in [0.2, 0.25) is 0 Å². The second kappa shape index (κ2) is 5.99. The fraction of sp³-hybridized carbons (Fsp3) is 0.364. The van der Waals surface area contributed by atoms with Crippen LogP contribution in [0.25, 0.3) is 0 Å². The molecule has 0 spiro atoms. The largest absolute Gasteiger partial charge is 0.372 e. The molecule has 2 rings (SSSR count). The summed E-state index contributed by atoms with van der Waals surface area (Å²) < 4.78 is 0. The lowest BCUT2D eigenvalue weighted by atomic mass is 10.1. The number of benzene rings is 1. The van der Waals surface area contributed by atoms with Crippen LogP contribution in [0.3, 0.4) is 0 Å². The molecule has 0 fully saturated rings. The quantitative estimate of drug-likeness (QED) is 0.869. The predicted octanol–water partition coefficient (Wildman–Crippen LogP) is 2.70. The Labute approximate surface area is 101 Å². The van der Waals surface area contributed by atoms with Crippen molar-refractivity contribution in [2.75, 3.05) is 13.1 Å². The van der Waals surface area contributed by atoms with E-state index in [-0.39, 0.29) is 12.4 Å². The molecule has 0 radical (unpaired) electrons. The van der Waals surface area contributed by atoms with Crippen LogP contribution in [-0.4, -0.2) is 18.9 Å². The maximum absolute atomic E-state index is 6.05. The Bertz CT molecular complexity index is 350. The van der Waals surface area contributed by atoms with Gasteiger partial charge in [-0.05, 0) is 18.1 Å². The second-order valence-electron chi connectivity index (χ2n) is 3.35. The first kappa shape index (κ1) is 12.3. The first-order valence-corrected chi connectivity index (χ1v) is 5.24. The third kappa shape index (κ3) is 3.40. The van der Waals surface area contributed by atoms with Gasteiger partial charge in [0, 0.05) is 18.0 Å². The van der Waals surface area contributed by atoms with E-state index < -0.39 is 0 Å². The average molecular weight is 245 g/mol. The number of aliphatic imine (C=N–C) groups is 1. The highest BCUT2D eigenvalue weighted by atomic mass is 35.5. The topological polar surface area (TPSA) is 24.4 Å². The highest BCUT2D eigenvalue weighted by Gasteiger charge is 2.06. The van der Waals surface area contributed by atoms with E-state index in [0.717, 1.165) is 36.8 Å². The smallest absolute Gasteiger partial charge is 0.0967 e. The van der Waals surface area contributed by atoms with Gasteiger partial charge in [-0.25, -0.2) is 0 Å². The van der Waals surface area contributed by atoms with E-state index in [1.54, 1.807) is 0 Å². The third-order valence-corrected chi connectivity index (χ3v) is 2.70. The number of aryl methyl sites for hydroxylation is 1. The molecule has 0 amide bonds. The van der Waals surface area contributed by atoms with Crippen LogP contribution >= 0.6 is 24.0 Å². The van der Waals surface area contributed by atoms with Gasteiger partial charge in [0.1, 0.15) is 0 Å². The molecule has 2 nitrogen and oxygen atoms in total. The summed E-state index contributed by atoms with van der Waals surface area (Å²) in [6.07, 6.45) is 1.93. The molecule has 0 atom stereocenters. The van der Waals surface area contributed by atoms with Crippen molar-refractivity contribution >= 4 is 29.8 Å². The molecule has 1 aliphatic heterocycles. The van der Waals surface area contributed by atoms with E-state index >= 15 is 0 Å². The molecule has 1 heterocycles. The monoisotopic (exact) mass is 244 g/mol. The van der Waals surface area contributed by atoms with Crippen molar-refractivity contribution in [3.05, 3.63) is 34.9 Å². The average Bonchev–Trinajstić information content (AvgIpc) is 2.69. The van der Waals surface area contributed by atoms with Gasteiger partial charge in [-0.15, -0.1) is 12.4 Å². The SMILES string of the molecule is Cl.Clc1ccccc1CCC1=NCCN1. The van der Waals surface area contributed by atoms with Gasteiger partial charge >= 0.3 is 0 Å². The zero-order valence-electron chi connectivity index (χ0n) is 8.37. The maximum Gasteiger partial charge on any atom is 0.0967 e. The van der Waals surface area contributed by atoms with Gasteiger partial charge in [0.05, 0.1) is 12.4 Å². The number of halogens is 2. The van der Waals surface area contributed by atoms with Gasteiger partial charge in [-0.1, -0.05) is 29.8 Å². The van der Waals surface area contributed by atoms with Crippen molar-refractivity contribution in [2.45, 2.75) is 12.8 Å². The van der Waals surface area contributed by atoms with Crippen molar-refractivity contribution < 1.29 is 0 Å². The zero-order chi connectivity index (χ0) is 9.80. The highest BCUT2D eigenvalue weighted by molar-refractivity contribution is 6.31. The first-order valence-electron chi connectivity index (χ1n) is 4.87. The van der Waals surface area contributed by atoms with Crippen LogP contribution in [0.1, 0.15) is 12.0 Å². The molecule has 0 saturated carbocycles. The highest BCUT2D eigenvalue weighted by Crippen LogP contribution is 2.16. The van der Waals surface area contributed by atoms with Crippen molar-refractivity contribution in [1.82, 2.24) is 5.32 Å². The molecule has 4 heteroatoms. The summed E-state index contributed by atoms with van der Waals surface area (Å²) in [6, 6.07) is 7.97. The molecule has 0 saturated heterocycles. The second-order valence-corrected chi connectivity index (χ2v) is 3.75. The fourth-order valence-electron chi connectivity index (χ4n) is 1.57. The molecule has 0 unspecified atom stereocenters. The van der Waals surface area contributed by atoms with E-state index in [2.05, 4.69) is 16.4 Å². The molecule has 82 valence electrons. The van der Waals surface area contributed by atoms with E-state index in [1.165, 1.54) is 5.56 Å². The minimum atomic E-state index is 0. The van der Waals surface area contributed by atoms with Gasteiger partial charge in [-0.3, -0.25) is 4.99 Å². The number of hydrogen-bond acceptors (Lipinski definition) is 2. The summed E-state index contributed by atoms with van der Waals surface area (Å²) in [7, 11) is 0. The minimum Gasteiger partial charge on any atom is -0.372 e. The molecule has 1 aromatic rings. The molecular weight excluding hydrogens is 231 g/mol. The van der Waals surface area contributed by atoms with Crippen LogP contribution in [-0.2, 0) is 6.42 Å². The number of nitrogens with one attached hydrogen (secondary N) is 1. The van der Waals surface area contributed by atoms with Crippen molar-refractivity contribution in [3.63, 3.8) is 0 Å². The van der Waals surface area contributed by atoms with Crippen molar-refractivity contribution in [3.8, 4) is 0 Å². The van der Waals surface area contributed by atoms with Crippen LogP contribution in [0.2, 0.25) is 5.02 Å². The van der Waals surface area contributed by atoms with E-state index in [4.69, 9.17) is 11.6 Å². The molecule has 1 N–H and O–H groups in total. The van der Waals surface area contributed by atoms with Crippen LogP contribution in [0.5, 0.6) is 0 Å². The lowest BCUT2D eigenvalue weighted by molar-refractivity contribution is 0.934. The Kier molecular flexibility index (Phi) is 4.92. The molecule has 0 bridgehead atoms. The summed E-state index contributed by atoms with van der Waals surface area (Å²) in [5.41, 5.74) is 1.20. The van der Waals surface area contributed by atoms with E-state index in [0.29, 0.717) is 0 Å². The van der Waals surface area contributed by atoms with Gasteiger partial charge in [0.25, 0.3) is 0 Å². The molecule has 15 heavy (non-hydrogen) atoms. The lowest BCUT2D eigenvalue weighted by Crippen LogP contribution is -2.18. The number of nitrogens with zero attached hydrogens (tertiary/aromatic N) is 1. The molecule has 1 aliphatic rings. The minimum absolute atomic E-state index is 0. The number of amidine groups is 1. The Balaban J connectivity index is 0.00000112. The summed E-state index contributed by atoms with van der Waals surface area (Å²) in [6.45, 7) is 1.90. The Morgan fingerprint density at radius 1 is 1.27 bits per heavy atom. The van der Waals surface area contributed by atoms with E-state index in [9.17, 15) is 0 Å². The summed E-state index contributed by atoms with van der Waals surface area (Å²) in [5, 5.41) is 4.11. The Morgan fingerprint density at radius 3 is 2.73 bits per heavy atom. The predicted molar refractivity (Wildman–Crippen MR) is 67.3 cm³/mol.